The van der Waals surface area contributed by atoms with Gasteiger partial charge in [0.05, 0.1) is 43.4 Å². The van der Waals surface area contributed by atoms with Crippen LogP contribution < -0.4 is 21.1 Å². The number of nitrogens with two attached hydrogens (primary N) is 1. The minimum absolute atomic E-state index is 0.0239. The zero-order valence-electron chi connectivity index (χ0n) is 29.1. The van der Waals surface area contributed by atoms with E-state index in [4.69, 9.17) is 40.0 Å². The molecule has 3 aromatic rings. The van der Waals surface area contributed by atoms with Crippen LogP contribution >= 0.6 is 23.5 Å². The second kappa shape index (κ2) is 20.1. The van der Waals surface area contributed by atoms with Crippen molar-refractivity contribution in [2.45, 2.75) is 31.4 Å². The van der Waals surface area contributed by atoms with E-state index < -0.39 is 54.5 Å². The second-order valence-corrected chi connectivity index (χ2v) is 15.6. The van der Waals surface area contributed by atoms with Crippen molar-refractivity contribution < 1.29 is 75.0 Å². The first-order valence-electron chi connectivity index (χ1n) is 16.0. The summed E-state index contributed by atoms with van der Waals surface area (Å²) >= 11 is 0. The van der Waals surface area contributed by atoms with E-state index in [-0.39, 0.29) is 51.1 Å². The van der Waals surface area contributed by atoms with Crippen molar-refractivity contribution in [1.82, 2.24) is 25.2 Å². The summed E-state index contributed by atoms with van der Waals surface area (Å²) in [5, 5.41) is 8.99. The number of phosphoric ester groups is 1. The Balaban J connectivity index is 1.23. The van der Waals surface area contributed by atoms with Crippen molar-refractivity contribution in [2.75, 3.05) is 52.4 Å². The van der Waals surface area contributed by atoms with Crippen molar-refractivity contribution in [3.63, 3.8) is 0 Å². The van der Waals surface area contributed by atoms with E-state index >= 15 is 0 Å². The molecule has 0 radical (unpaired) electrons. The van der Waals surface area contributed by atoms with Gasteiger partial charge in [-0.3, -0.25) is 14.1 Å². The molecule has 2 amide bonds. The van der Waals surface area contributed by atoms with Crippen molar-refractivity contribution >= 4 is 52.1 Å². The lowest BCUT2D eigenvalue weighted by Gasteiger charge is -2.19. The number of azide groups is 1. The fourth-order valence-electron chi connectivity index (χ4n) is 4.87. The summed E-state index contributed by atoms with van der Waals surface area (Å²) in [6.45, 7) is -1.24. The number of carbonyl (C=O) groups excluding carboxylic acids is 2. The van der Waals surface area contributed by atoms with E-state index in [0.717, 1.165) is 0 Å². The molecule has 1 aliphatic heterocycles. The van der Waals surface area contributed by atoms with E-state index in [1.54, 1.807) is 29.0 Å². The van der Waals surface area contributed by atoms with Crippen molar-refractivity contribution in [1.29, 1.82) is 0 Å². The number of fused-ring (bicyclic) bond motifs is 1. The molecule has 56 heavy (non-hydrogen) atoms. The largest absolute Gasteiger partial charge is 0.491 e. The number of rotatable bonds is 20. The number of hydrogen-bond acceptors (Lipinski definition) is 16. The maximum Gasteiger partial charge on any atom is 0.490 e. The van der Waals surface area contributed by atoms with Crippen LogP contribution in [0.3, 0.4) is 0 Å². The highest BCUT2D eigenvalue weighted by molar-refractivity contribution is 7.66. The zero-order chi connectivity index (χ0) is 40.9. The standard InChI is InChI=1S/C28H36N9O16P3/c1-31-28(39)18-4-2-6-20(12-18)49-16-23(35-36-30)48-11-10-47-15-22(38)32-9-3-5-19-13-37(27-25(19)26(29)33-17-34-27)24-8-7-21(51-24)14-50-55(43,44)53-56(45,46)52-54(40,41)42/h2,4,6,12-13,17,21,23-24H,7-11,14-16H2,1H3,(H,31,39)(H,32,38)(H,43,44)(H,45,46)(H2,29,33,34)(H2,40,41,42)/t21-,23?,24+/m0/s1. The average Bonchev–Trinajstić information content (AvgIpc) is 3.75. The molecule has 304 valence electrons. The monoisotopic (exact) mass is 847 g/mol. The van der Waals surface area contributed by atoms with Gasteiger partial charge in [-0.25, -0.2) is 23.7 Å². The van der Waals surface area contributed by atoms with Gasteiger partial charge >= 0.3 is 23.5 Å². The van der Waals surface area contributed by atoms with Crippen LogP contribution in [-0.4, -0.2) is 105 Å². The summed E-state index contributed by atoms with van der Waals surface area (Å²) in [5.41, 5.74) is 16.1. The number of nitrogens with zero attached hydrogens (tertiary/aromatic N) is 6. The minimum atomic E-state index is -5.67. The molecule has 5 atom stereocenters. The number of hydrogen-bond donors (Lipinski definition) is 7. The topological polar surface area (TPSA) is 360 Å². The van der Waals surface area contributed by atoms with Gasteiger partial charge in [-0.2, -0.15) is 8.62 Å². The van der Waals surface area contributed by atoms with E-state index in [9.17, 15) is 33.1 Å². The number of nitrogens with one attached hydrogen (secondary N) is 2. The second-order valence-electron chi connectivity index (χ2n) is 11.2. The Kier molecular flexibility index (Phi) is 15.9. The molecule has 1 aromatic carbocycles. The number of ether oxygens (including phenoxy) is 4. The van der Waals surface area contributed by atoms with Crippen LogP contribution in [0.15, 0.2) is 41.9 Å². The number of phosphoric acid groups is 3. The highest BCUT2D eigenvalue weighted by Gasteiger charge is 2.41. The van der Waals surface area contributed by atoms with E-state index in [2.05, 4.69) is 55.6 Å². The summed E-state index contributed by atoms with van der Waals surface area (Å²) in [6, 6.07) is 6.38. The molecular formula is C28H36N9O16P3. The third kappa shape index (κ3) is 13.9. The fraction of sp³-hybridized carbons (Fsp3) is 0.429. The summed E-state index contributed by atoms with van der Waals surface area (Å²) in [5.74, 6) is 5.37. The number of benzene rings is 1. The number of nitrogen functional groups attached to an aromatic ring is 1. The molecule has 1 saturated heterocycles. The van der Waals surface area contributed by atoms with Crippen LogP contribution in [0.2, 0.25) is 0 Å². The Morgan fingerprint density at radius 3 is 2.68 bits per heavy atom. The minimum Gasteiger partial charge on any atom is -0.491 e. The highest BCUT2D eigenvalue weighted by Crippen LogP contribution is 2.66. The van der Waals surface area contributed by atoms with Crippen molar-refractivity contribution in [3.05, 3.63) is 58.4 Å². The van der Waals surface area contributed by atoms with E-state index in [0.29, 0.717) is 34.3 Å². The molecule has 28 heteroatoms. The Hall–Kier alpha value is -4.46. The molecule has 4 rings (SSSR count). The first-order chi connectivity index (χ1) is 26.5. The van der Waals surface area contributed by atoms with Crippen LogP contribution in [0.25, 0.3) is 21.5 Å². The fourth-order valence-corrected chi connectivity index (χ4v) is 7.92. The maximum atomic E-state index is 12.3. The quantitative estimate of drug-likeness (QED) is 0.0212. The molecule has 0 spiro atoms. The number of carbonyl (C=O) groups is 2. The lowest BCUT2D eigenvalue weighted by Crippen LogP contribution is -2.29. The lowest BCUT2D eigenvalue weighted by atomic mass is 10.2. The first-order valence-corrected chi connectivity index (χ1v) is 20.5. The van der Waals surface area contributed by atoms with E-state index in [1.165, 1.54) is 19.4 Å². The first kappa shape index (κ1) is 44.3. The van der Waals surface area contributed by atoms with Crippen LogP contribution in [0.1, 0.15) is 35.0 Å². The highest BCUT2D eigenvalue weighted by atomic mass is 31.3. The Morgan fingerprint density at radius 2 is 1.95 bits per heavy atom. The number of anilines is 1. The summed E-state index contributed by atoms with van der Waals surface area (Å²) in [4.78, 5) is 71.5. The predicted octanol–water partition coefficient (Wildman–Crippen LogP) is 1.61. The lowest BCUT2D eigenvalue weighted by molar-refractivity contribution is -0.126. The summed E-state index contributed by atoms with van der Waals surface area (Å²) < 4.78 is 70.4. The predicted molar refractivity (Wildman–Crippen MR) is 190 cm³/mol. The van der Waals surface area contributed by atoms with Crippen molar-refractivity contribution in [3.8, 4) is 17.6 Å². The molecule has 3 unspecified atom stereocenters. The Bertz CT molecular complexity index is 2130. The summed E-state index contributed by atoms with van der Waals surface area (Å²) in [7, 11) is -15.1. The normalized spacial score (nSPS) is 18.1. The molecule has 3 heterocycles. The van der Waals surface area contributed by atoms with E-state index in [1.807, 2.05) is 0 Å². The van der Waals surface area contributed by atoms with Gasteiger partial charge in [-0.1, -0.05) is 23.0 Å². The molecule has 25 nitrogen and oxygen atoms in total. The molecule has 8 N–H and O–H groups in total. The molecule has 0 saturated carbocycles. The van der Waals surface area contributed by atoms with Gasteiger partial charge in [0.15, 0.2) is 6.23 Å². The van der Waals surface area contributed by atoms with Gasteiger partial charge in [0.25, 0.3) is 5.91 Å². The smallest absolute Gasteiger partial charge is 0.490 e. The number of amides is 2. The molecular weight excluding hydrogens is 811 g/mol. The Morgan fingerprint density at radius 1 is 1.16 bits per heavy atom. The van der Waals surface area contributed by atoms with Gasteiger partial charge in [-0.05, 0) is 36.6 Å². The van der Waals surface area contributed by atoms with Gasteiger partial charge in [0.1, 0.15) is 43.0 Å². The SMILES string of the molecule is CNC(=O)c1cccc(OCC(N=[N+]=[N-])OCCOCC(=O)NCC#Cc2cn([C@H]3CC[C@@H](COP(=O)(O)OP(=O)(O)OP(=O)(O)O)O3)c3ncnc(N)c23)c1. The van der Waals surface area contributed by atoms with Gasteiger partial charge in [-0.15, -0.1) is 0 Å². The zero-order valence-corrected chi connectivity index (χ0v) is 31.8. The number of aromatic nitrogens is 3. The van der Waals surface area contributed by atoms with Gasteiger partial charge in [0, 0.05) is 23.7 Å². The molecule has 0 bridgehead atoms. The molecule has 2 aromatic heterocycles. The van der Waals surface area contributed by atoms with Crippen molar-refractivity contribution in [2.24, 2.45) is 5.11 Å². The Labute approximate surface area is 316 Å². The molecule has 1 aliphatic rings. The van der Waals surface area contributed by atoms with Crippen LogP contribution in [0, 0.1) is 11.8 Å². The molecule has 1 fully saturated rings. The van der Waals surface area contributed by atoms with Gasteiger partial charge < -0.3 is 59.5 Å². The van der Waals surface area contributed by atoms with Gasteiger partial charge in [0.2, 0.25) is 5.91 Å². The van der Waals surface area contributed by atoms with Crippen LogP contribution in [0.4, 0.5) is 5.82 Å². The maximum absolute atomic E-state index is 12.3. The summed E-state index contributed by atoms with van der Waals surface area (Å²) in [6.07, 6.45) is 0.842. The third-order valence-corrected chi connectivity index (χ3v) is 10.9. The molecule has 0 aliphatic carbocycles. The van der Waals surface area contributed by atoms with Crippen LogP contribution in [0.5, 0.6) is 5.75 Å². The average molecular weight is 848 g/mol. The third-order valence-electron chi connectivity index (χ3n) is 7.14. The van der Waals surface area contributed by atoms with Crippen LogP contribution in [-0.2, 0) is 45.8 Å².